The lowest BCUT2D eigenvalue weighted by Crippen LogP contribution is -2.52. The van der Waals surface area contributed by atoms with E-state index in [1.165, 1.54) is 0 Å². The molecule has 0 bridgehead atoms. The Hall–Kier alpha value is -1.26. The van der Waals surface area contributed by atoms with Gasteiger partial charge in [-0.25, -0.2) is 9.59 Å². The summed E-state index contributed by atoms with van der Waals surface area (Å²) in [6.45, 7) is 4.06. The van der Waals surface area contributed by atoms with Crippen LogP contribution in [0.4, 0.5) is 4.79 Å². The lowest BCUT2D eigenvalue weighted by atomic mass is 9.85. The van der Waals surface area contributed by atoms with Crippen LogP contribution < -0.4 is 5.32 Å². The Morgan fingerprint density at radius 1 is 1.35 bits per heavy atom. The van der Waals surface area contributed by atoms with Gasteiger partial charge >= 0.3 is 12.0 Å². The van der Waals surface area contributed by atoms with Gasteiger partial charge in [0.05, 0.1) is 0 Å². The highest BCUT2D eigenvalue weighted by atomic mass is 16.4. The van der Waals surface area contributed by atoms with Crippen molar-refractivity contribution in [1.29, 1.82) is 0 Å². The summed E-state index contributed by atoms with van der Waals surface area (Å²) in [6.07, 6.45) is 6.82. The summed E-state index contributed by atoms with van der Waals surface area (Å²) in [4.78, 5) is 25.5. The van der Waals surface area contributed by atoms with E-state index in [-0.39, 0.29) is 18.1 Å². The zero-order chi connectivity index (χ0) is 14.7. The molecule has 2 rings (SSSR count). The van der Waals surface area contributed by atoms with Gasteiger partial charge in [-0.1, -0.05) is 26.2 Å². The molecule has 0 aromatic rings. The van der Waals surface area contributed by atoms with E-state index in [9.17, 15) is 14.7 Å². The third-order valence-electron chi connectivity index (χ3n) is 4.70. The van der Waals surface area contributed by atoms with Gasteiger partial charge in [-0.05, 0) is 38.5 Å². The molecule has 1 aliphatic heterocycles. The summed E-state index contributed by atoms with van der Waals surface area (Å²) in [7, 11) is 0. The van der Waals surface area contributed by atoms with Crippen LogP contribution in [-0.4, -0.2) is 40.1 Å². The molecule has 1 saturated heterocycles. The Balaban J connectivity index is 2.08. The van der Waals surface area contributed by atoms with Gasteiger partial charge in [0.2, 0.25) is 0 Å². The average molecular weight is 282 g/mol. The number of carboxylic acids is 1. The second kappa shape index (κ2) is 6.46. The van der Waals surface area contributed by atoms with Crippen molar-refractivity contribution in [2.24, 2.45) is 5.92 Å². The summed E-state index contributed by atoms with van der Waals surface area (Å²) in [5.74, 6) is -0.491. The second-order valence-corrected chi connectivity index (χ2v) is 6.25. The summed E-state index contributed by atoms with van der Waals surface area (Å²) >= 11 is 0. The van der Waals surface area contributed by atoms with E-state index >= 15 is 0 Å². The van der Waals surface area contributed by atoms with E-state index in [0.717, 1.165) is 38.5 Å². The van der Waals surface area contributed by atoms with Crippen LogP contribution in [0.3, 0.4) is 0 Å². The predicted molar refractivity (Wildman–Crippen MR) is 76.5 cm³/mol. The summed E-state index contributed by atoms with van der Waals surface area (Å²) in [6, 6.07) is -0.604. The Morgan fingerprint density at radius 3 is 2.70 bits per heavy atom. The molecule has 1 aliphatic carbocycles. The molecular weight excluding hydrogens is 256 g/mol. The van der Waals surface area contributed by atoms with E-state index in [2.05, 4.69) is 12.2 Å². The minimum atomic E-state index is -0.863. The van der Waals surface area contributed by atoms with E-state index in [4.69, 9.17) is 0 Å². The van der Waals surface area contributed by atoms with E-state index < -0.39 is 12.0 Å². The highest BCUT2D eigenvalue weighted by molar-refractivity contribution is 5.84. The fourth-order valence-corrected chi connectivity index (χ4v) is 3.76. The van der Waals surface area contributed by atoms with E-state index in [0.29, 0.717) is 12.3 Å². The molecule has 0 aromatic heterocycles. The maximum absolute atomic E-state index is 12.5. The molecule has 2 aliphatic rings. The Kier molecular flexibility index (Phi) is 4.89. The maximum atomic E-state index is 12.5. The van der Waals surface area contributed by atoms with Gasteiger partial charge in [-0.2, -0.15) is 0 Å². The number of urea groups is 1. The van der Waals surface area contributed by atoms with Crippen molar-refractivity contribution in [3.8, 4) is 0 Å². The first-order valence-corrected chi connectivity index (χ1v) is 7.86. The number of aliphatic carboxylic acids is 1. The van der Waals surface area contributed by atoms with Crippen molar-refractivity contribution in [1.82, 2.24) is 10.2 Å². The first kappa shape index (κ1) is 15.1. The summed E-state index contributed by atoms with van der Waals surface area (Å²) in [5, 5.41) is 12.4. The van der Waals surface area contributed by atoms with Crippen LogP contribution in [0.15, 0.2) is 0 Å². The molecule has 5 heteroatoms. The Morgan fingerprint density at radius 2 is 2.05 bits per heavy atom. The molecule has 0 aromatic carbocycles. The fraction of sp³-hybridized carbons (Fsp3) is 0.867. The average Bonchev–Trinajstić information content (AvgIpc) is 2.78. The number of carbonyl (C=O) groups is 2. The standard InChI is InChI=1S/C15H26N2O3/c1-3-6-10(2)16-15(20)17-12-8-5-4-7-11(12)9-13(17)14(18)19/h10-13H,3-9H2,1-2H3,(H,16,20)(H,18,19). The predicted octanol–water partition coefficient (Wildman–Crippen LogP) is 2.60. The first-order chi connectivity index (χ1) is 9.54. The second-order valence-electron chi connectivity index (χ2n) is 6.25. The molecule has 114 valence electrons. The largest absolute Gasteiger partial charge is 0.480 e. The number of hydrogen-bond donors (Lipinski definition) is 2. The zero-order valence-electron chi connectivity index (χ0n) is 12.5. The molecule has 2 fully saturated rings. The van der Waals surface area contributed by atoms with Crippen LogP contribution >= 0.6 is 0 Å². The van der Waals surface area contributed by atoms with Gasteiger partial charge in [-0.3, -0.25) is 0 Å². The first-order valence-electron chi connectivity index (χ1n) is 7.86. The van der Waals surface area contributed by atoms with Crippen LogP contribution in [0.2, 0.25) is 0 Å². The van der Waals surface area contributed by atoms with Crippen molar-refractivity contribution in [2.45, 2.75) is 76.9 Å². The highest BCUT2D eigenvalue weighted by Crippen LogP contribution is 2.39. The Labute approximate surface area is 120 Å². The zero-order valence-corrected chi connectivity index (χ0v) is 12.5. The molecule has 4 unspecified atom stereocenters. The molecule has 2 N–H and O–H groups in total. The summed E-state index contributed by atoms with van der Waals surface area (Å²) < 4.78 is 0. The molecule has 4 atom stereocenters. The lowest BCUT2D eigenvalue weighted by Gasteiger charge is -2.33. The van der Waals surface area contributed by atoms with Gasteiger partial charge in [0, 0.05) is 12.1 Å². The molecule has 5 nitrogen and oxygen atoms in total. The molecule has 0 spiro atoms. The molecule has 1 saturated carbocycles. The number of carbonyl (C=O) groups excluding carboxylic acids is 1. The SMILES string of the molecule is CCCC(C)NC(=O)N1C(C(=O)O)CC2CCCCC21. The van der Waals surface area contributed by atoms with Crippen LogP contribution in [-0.2, 0) is 4.79 Å². The topological polar surface area (TPSA) is 69.6 Å². The number of nitrogens with one attached hydrogen (secondary N) is 1. The number of amides is 2. The maximum Gasteiger partial charge on any atom is 0.326 e. The monoisotopic (exact) mass is 282 g/mol. The number of rotatable bonds is 4. The van der Waals surface area contributed by atoms with Gasteiger partial charge in [-0.15, -0.1) is 0 Å². The lowest BCUT2D eigenvalue weighted by molar-refractivity contribution is -0.141. The number of carboxylic acid groups (broad SMARTS) is 1. The normalized spacial score (nSPS) is 30.7. The van der Waals surface area contributed by atoms with Crippen molar-refractivity contribution >= 4 is 12.0 Å². The van der Waals surface area contributed by atoms with Crippen molar-refractivity contribution in [2.75, 3.05) is 0 Å². The fourth-order valence-electron chi connectivity index (χ4n) is 3.76. The van der Waals surface area contributed by atoms with E-state index in [1.54, 1.807) is 4.90 Å². The summed E-state index contributed by atoms with van der Waals surface area (Å²) in [5.41, 5.74) is 0. The molecule has 2 amide bonds. The number of nitrogens with zero attached hydrogens (tertiary/aromatic N) is 1. The van der Waals surface area contributed by atoms with E-state index in [1.807, 2.05) is 6.92 Å². The van der Waals surface area contributed by atoms with Crippen LogP contribution in [0.5, 0.6) is 0 Å². The molecule has 20 heavy (non-hydrogen) atoms. The quantitative estimate of drug-likeness (QED) is 0.832. The Bertz CT molecular complexity index is 372. The molecule has 0 radical (unpaired) electrons. The minimum absolute atomic E-state index is 0.101. The minimum Gasteiger partial charge on any atom is -0.480 e. The molecule has 1 heterocycles. The van der Waals surface area contributed by atoms with Crippen molar-refractivity contribution < 1.29 is 14.7 Å². The molecular formula is C15H26N2O3. The van der Waals surface area contributed by atoms with Crippen molar-refractivity contribution in [3.63, 3.8) is 0 Å². The number of hydrogen-bond acceptors (Lipinski definition) is 2. The van der Waals surface area contributed by atoms with Crippen LogP contribution in [0.1, 0.15) is 58.8 Å². The van der Waals surface area contributed by atoms with Gasteiger partial charge in [0.25, 0.3) is 0 Å². The van der Waals surface area contributed by atoms with Crippen LogP contribution in [0.25, 0.3) is 0 Å². The van der Waals surface area contributed by atoms with Gasteiger partial charge < -0.3 is 15.3 Å². The number of fused-ring (bicyclic) bond motifs is 1. The highest BCUT2D eigenvalue weighted by Gasteiger charge is 2.47. The van der Waals surface area contributed by atoms with Gasteiger partial charge in [0.1, 0.15) is 6.04 Å². The third kappa shape index (κ3) is 3.07. The third-order valence-corrected chi connectivity index (χ3v) is 4.70. The van der Waals surface area contributed by atoms with Crippen molar-refractivity contribution in [3.05, 3.63) is 0 Å². The van der Waals surface area contributed by atoms with Gasteiger partial charge in [0.15, 0.2) is 0 Å². The van der Waals surface area contributed by atoms with Crippen LogP contribution in [0, 0.1) is 5.92 Å². The smallest absolute Gasteiger partial charge is 0.326 e. The number of likely N-dealkylation sites (tertiary alicyclic amines) is 1.